The van der Waals surface area contributed by atoms with Gasteiger partial charge in [0.1, 0.15) is 11.5 Å². The molecule has 0 bridgehead atoms. The molecule has 1 aliphatic heterocycles. The van der Waals surface area contributed by atoms with Crippen molar-refractivity contribution >= 4 is 39.3 Å². The topological polar surface area (TPSA) is 101 Å². The number of ether oxygens (including phenoxy) is 1. The zero-order valence-electron chi connectivity index (χ0n) is 18.1. The van der Waals surface area contributed by atoms with Gasteiger partial charge in [0.15, 0.2) is 11.6 Å². The second kappa shape index (κ2) is 7.80. The molecule has 0 saturated carbocycles. The number of nitrogens with zero attached hydrogens (tertiary/aromatic N) is 1. The van der Waals surface area contributed by atoms with E-state index in [2.05, 4.69) is 15.9 Å². The van der Waals surface area contributed by atoms with E-state index < -0.39 is 23.7 Å². The van der Waals surface area contributed by atoms with E-state index in [9.17, 15) is 24.3 Å². The number of phenols is 1. The molecule has 1 fully saturated rings. The lowest BCUT2D eigenvalue weighted by Gasteiger charge is -2.42. The van der Waals surface area contributed by atoms with Gasteiger partial charge in [-0.05, 0) is 47.7 Å². The van der Waals surface area contributed by atoms with Gasteiger partial charge in [0, 0.05) is 41.3 Å². The second-order valence-corrected chi connectivity index (χ2v) is 9.59. The van der Waals surface area contributed by atoms with E-state index >= 15 is 0 Å². The smallest absolute Gasteiger partial charge is 0.233 e. The summed E-state index contributed by atoms with van der Waals surface area (Å²) in [6.07, 6.45) is 3.79. The summed E-state index contributed by atoms with van der Waals surface area (Å²) >= 11 is 3.20. The first kappa shape index (κ1) is 21.8. The number of likely N-dealkylation sites (tertiary alicyclic amines) is 1. The third kappa shape index (κ3) is 3.07. The first-order chi connectivity index (χ1) is 15.8. The fraction of sp³-hybridized carbons (Fsp3) is 0.360. The van der Waals surface area contributed by atoms with Crippen LogP contribution in [-0.2, 0) is 19.2 Å². The Morgan fingerprint density at radius 1 is 1.15 bits per heavy atom. The maximum atomic E-state index is 13.2. The van der Waals surface area contributed by atoms with E-state index in [1.54, 1.807) is 19.1 Å². The number of halogens is 1. The van der Waals surface area contributed by atoms with Gasteiger partial charge in [-0.3, -0.25) is 24.1 Å². The predicted octanol–water partition coefficient (Wildman–Crippen LogP) is 3.18. The highest BCUT2D eigenvalue weighted by Crippen LogP contribution is 2.56. The van der Waals surface area contributed by atoms with Crippen LogP contribution in [0.1, 0.15) is 31.2 Å². The molecule has 3 aliphatic carbocycles. The molecule has 1 N–H and O–H groups in total. The molecule has 170 valence electrons. The lowest BCUT2D eigenvalue weighted by Crippen LogP contribution is -2.39. The van der Waals surface area contributed by atoms with E-state index in [4.69, 9.17) is 4.74 Å². The third-order valence-corrected chi connectivity index (χ3v) is 7.88. The van der Waals surface area contributed by atoms with Gasteiger partial charge in [-0.25, -0.2) is 0 Å². The number of aromatic hydroxyl groups is 1. The minimum atomic E-state index is -0.683. The lowest BCUT2D eigenvalue weighted by molar-refractivity contribution is -0.139. The highest BCUT2D eigenvalue weighted by atomic mass is 79.9. The number of hydrogen-bond donors (Lipinski definition) is 1. The van der Waals surface area contributed by atoms with Crippen molar-refractivity contribution in [3.05, 3.63) is 57.1 Å². The van der Waals surface area contributed by atoms with Crippen LogP contribution in [0, 0.1) is 17.8 Å². The summed E-state index contributed by atoms with van der Waals surface area (Å²) in [5.41, 5.74) is 1.94. The molecule has 2 amide bonds. The van der Waals surface area contributed by atoms with Gasteiger partial charge < -0.3 is 9.84 Å². The number of benzene rings is 1. The molecule has 33 heavy (non-hydrogen) atoms. The average molecular weight is 512 g/mol. The number of carbonyl (C=O) groups is 4. The van der Waals surface area contributed by atoms with Crippen LogP contribution in [0.2, 0.25) is 0 Å². The fourth-order valence-electron chi connectivity index (χ4n) is 5.83. The summed E-state index contributed by atoms with van der Waals surface area (Å²) in [6, 6.07) is 4.84. The number of methoxy groups -OCH3 is 1. The standard InChI is InChI=1S/C25H22BrNO6/c1-3-27-24(31)14-7-6-12-15(21(14)25(27)32)9-16-22(19(29)10-17(26)23(16)30)20(12)13-5-4-11(33-2)8-18(13)28/h4-6,8,10,14-15,20-21,28H,3,7,9H2,1-2H3. The van der Waals surface area contributed by atoms with Crippen molar-refractivity contribution in [2.75, 3.05) is 13.7 Å². The predicted molar refractivity (Wildman–Crippen MR) is 122 cm³/mol. The van der Waals surface area contributed by atoms with Crippen LogP contribution in [0.15, 0.2) is 51.6 Å². The summed E-state index contributed by atoms with van der Waals surface area (Å²) in [5.74, 6) is -2.75. The van der Waals surface area contributed by atoms with E-state index in [0.29, 0.717) is 35.4 Å². The summed E-state index contributed by atoms with van der Waals surface area (Å²) in [5, 5.41) is 10.8. The molecule has 0 spiro atoms. The maximum absolute atomic E-state index is 13.2. The molecule has 8 heteroatoms. The first-order valence-corrected chi connectivity index (χ1v) is 11.7. The number of imide groups is 1. The molecule has 0 aromatic heterocycles. The monoisotopic (exact) mass is 511 g/mol. The number of ketones is 2. The van der Waals surface area contributed by atoms with Crippen LogP contribution in [0.4, 0.5) is 0 Å². The molecule has 1 aromatic carbocycles. The van der Waals surface area contributed by atoms with Crippen molar-refractivity contribution in [1.82, 2.24) is 4.90 Å². The van der Waals surface area contributed by atoms with E-state index in [1.807, 2.05) is 6.08 Å². The normalized spacial score (nSPS) is 28.9. The number of rotatable bonds is 3. The molecule has 1 saturated heterocycles. The van der Waals surface area contributed by atoms with Gasteiger partial charge in [-0.15, -0.1) is 0 Å². The van der Waals surface area contributed by atoms with Crippen LogP contribution >= 0.6 is 15.9 Å². The molecule has 4 atom stereocenters. The number of phenolic OH excluding ortho intramolecular Hbond substituents is 1. The van der Waals surface area contributed by atoms with Gasteiger partial charge in [-0.2, -0.15) is 0 Å². The van der Waals surface area contributed by atoms with E-state index in [1.165, 1.54) is 24.2 Å². The summed E-state index contributed by atoms with van der Waals surface area (Å²) in [4.78, 5) is 53.6. The molecule has 5 rings (SSSR count). The Kier molecular flexibility index (Phi) is 5.16. The van der Waals surface area contributed by atoms with Crippen molar-refractivity contribution in [3.8, 4) is 11.5 Å². The van der Waals surface area contributed by atoms with Crippen molar-refractivity contribution in [1.29, 1.82) is 0 Å². The molecular weight excluding hydrogens is 490 g/mol. The van der Waals surface area contributed by atoms with E-state index in [-0.39, 0.29) is 40.0 Å². The molecule has 4 unspecified atom stereocenters. The molecule has 4 aliphatic rings. The van der Waals surface area contributed by atoms with Crippen LogP contribution in [0.3, 0.4) is 0 Å². The van der Waals surface area contributed by atoms with Crippen molar-refractivity contribution in [3.63, 3.8) is 0 Å². The maximum Gasteiger partial charge on any atom is 0.233 e. The minimum Gasteiger partial charge on any atom is -0.507 e. The number of fused-ring (bicyclic) bond motifs is 3. The molecule has 1 aromatic rings. The molecule has 0 radical (unpaired) electrons. The number of amides is 2. The third-order valence-electron chi connectivity index (χ3n) is 7.29. The first-order valence-electron chi connectivity index (χ1n) is 10.9. The highest BCUT2D eigenvalue weighted by molar-refractivity contribution is 9.12. The zero-order chi connectivity index (χ0) is 23.6. The average Bonchev–Trinajstić information content (AvgIpc) is 3.05. The van der Waals surface area contributed by atoms with Crippen molar-refractivity contribution in [2.45, 2.75) is 25.7 Å². The van der Waals surface area contributed by atoms with Gasteiger partial charge in [-0.1, -0.05) is 17.7 Å². The van der Waals surface area contributed by atoms with Crippen molar-refractivity contribution < 1.29 is 29.0 Å². The Morgan fingerprint density at radius 3 is 2.58 bits per heavy atom. The van der Waals surface area contributed by atoms with E-state index in [0.717, 1.165) is 5.57 Å². The Bertz CT molecular complexity index is 1230. The van der Waals surface area contributed by atoms with Crippen LogP contribution in [0.25, 0.3) is 0 Å². The Balaban J connectivity index is 1.71. The molecular formula is C25H22BrNO6. The second-order valence-electron chi connectivity index (χ2n) is 8.74. The summed E-state index contributed by atoms with van der Waals surface area (Å²) in [7, 11) is 1.49. The van der Waals surface area contributed by atoms with Gasteiger partial charge >= 0.3 is 0 Å². The largest absolute Gasteiger partial charge is 0.507 e. The summed E-state index contributed by atoms with van der Waals surface area (Å²) < 4.78 is 5.37. The number of allylic oxidation sites excluding steroid dienone is 6. The van der Waals surface area contributed by atoms with Crippen LogP contribution in [-0.4, -0.2) is 47.0 Å². The number of Topliss-reactive ketones (excluding diaryl/α,β-unsaturated/α-hetero) is 1. The minimum absolute atomic E-state index is 0.0623. The SMILES string of the molecule is CCN1C(=O)C2CC=C3C(c4ccc(OC)cc4O)C4=C(CC3C2C1=O)C(=O)C(Br)=CC4=O. The fourth-order valence-corrected chi connectivity index (χ4v) is 6.28. The number of carbonyl (C=O) groups excluding carboxylic acids is 4. The van der Waals surface area contributed by atoms with Gasteiger partial charge in [0.2, 0.25) is 11.8 Å². The van der Waals surface area contributed by atoms with Crippen LogP contribution in [0.5, 0.6) is 11.5 Å². The Labute approximate surface area is 198 Å². The quantitative estimate of drug-likeness (QED) is 0.380. The Hall–Kier alpha value is -3.00. The molecule has 1 heterocycles. The molecule has 7 nitrogen and oxygen atoms in total. The van der Waals surface area contributed by atoms with Crippen LogP contribution < -0.4 is 4.74 Å². The van der Waals surface area contributed by atoms with Crippen molar-refractivity contribution in [2.24, 2.45) is 17.8 Å². The highest BCUT2D eigenvalue weighted by Gasteiger charge is 2.56. The zero-order valence-corrected chi connectivity index (χ0v) is 19.7. The van der Waals surface area contributed by atoms with Gasteiger partial charge in [0.25, 0.3) is 0 Å². The van der Waals surface area contributed by atoms with Gasteiger partial charge in [0.05, 0.1) is 23.4 Å². The summed E-state index contributed by atoms with van der Waals surface area (Å²) in [6.45, 7) is 2.07. The Morgan fingerprint density at radius 2 is 1.91 bits per heavy atom. The lowest BCUT2D eigenvalue weighted by atomic mass is 9.59. The number of hydrogen-bond acceptors (Lipinski definition) is 6.